The van der Waals surface area contributed by atoms with E-state index in [0.29, 0.717) is 35.7 Å². The van der Waals surface area contributed by atoms with Crippen LogP contribution in [0.1, 0.15) is 13.3 Å². The number of phenolic OH excluding ortho intramolecular Hbond substituents is 1. The van der Waals surface area contributed by atoms with Crippen molar-refractivity contribution in [2.45, 2.75) is 19.4 Å². The van der Waals surface area contributed by atoms with Crippen LogP contribution in [0.2, 0.25) is 0 Å². The summed E-state index contributed by atoms with van der Waals surface area (Å²) in [6.07, 6.45) is 0.733. The minimum atomic E-state index is -0.681. The summed E-state index contributed by atoms with van der Waals surface area (Å²) < 4.78 is 29.8. The summed E-state index contributed by atoms with van der Waals surface area (Å²) in [6.45, 7) is 2.63. The van der Waals surface area contributed by atoms with Crippen LogP contribution in [0.4, 0.5) is 14.6 Å². The molecule has 1 atom stereocenters. The fourth-order valence-electron chi connectivity index (χ4n) is 3.82. The highest BCUT2D eigenvalue weighted by Crippen LogP contribution is 2.37. The Morgan fingerprint density at radius 2 is 1.94 bits per heavy atom. The molecule has 0 aliphatic carbocycles. The van der Waals surface area contributed by atoms with Gasteiger partial charge in [0.15, 0.2) is 0 Å². The second-order valence-electron chi connectivity index (χ2n) is 7.49. The van der Waals surface area contributed by atoms with E-state index < -0.39 is 11.6 Å². The number of aromatic hydroxyl groups is 1. The summed E-state index contributed by atoms with van der Waals surface area (Å²) in [5.41, 5.74) is 0.987. The van der Waals surface area contributed by atoms with Crippen molar-refractivity contribution in [2.75, 3.05) is 18.0 Å². The molecule has 8 heteroatoms. The van der Waals surface area contributed by atoms with Gasteiger partial charge in [0.05, 0.1) is 11.3 Å². The lowest BCUT2D eigenvalue weighted by molar-refractivity contribution is -0.119. The van der Waals surface area contributed by atoms with Crippen LogP contribution >= 0.6 is 15.9 Å². The highest BCUT2D eigenvalue weighted by Gasteiger charge is 2.26. The first kappa shape index (κ1) is 21.2. The number of phenols is 1. The molecule has 1 amide bonds. The predicted molar refractivity (Wildman–Crippen MR) is 119 cm³/mol. The topological polar surface area (TPSA) is 65.5 Å². The third kappa shape index (κ3) is 4.54. The van der Waals surface area contributed by atoms with Crippen LogP contribution in [0.5, 0.6) is 5.75 Å². The molecule has 4 rings (SSSR count). The van der Waals surface area contributed by atoms with Crippen LogP contribution < -0.4 is 10.2 Å². The van der Waals surface area contributed by atoms with Crippen molar-refractivity contribution in [3.05, 3.63) is 64.6 Å². The number of anilines is 1. The zero-order valence-electron chi connectivity index (χ0n) is 16.7. The number of halogens is 3. The normalized spacial score (nSPS) is 15.9. The summed E-state index contributed by atoms with van der Waals surface area (Å²) in [4.78, 5) is 18.0. The summed E-state index contributed by atoms with van der Waals surface area (Å²) in [7, 11) is 0. The maximum absolute atomic E-state index is 14.5. The van der Waals surface area contributed by atoms with Crippen molar-refractivity contribution in [3.8, 4) is 28.1 Å². The molecule has 0 radical (unpaired) electrons. The Balaban J connectivity index is 1.84. The van der Waals surface area contributed by atoms with Crippen molar-refractivity contribution < 1.29 is 18.7 Å². The van der Waals surface area contributed by atoms with E-state index in [2.05, 4.69) is 26.2 Å². The van der Waals surface area contributed by atoms with E-state index in [1.54, 1.807) is 24.3 Å². The number of carbonyl (C=O) groups excluding carboxylic acids is 1. The van der Waals surface area contributed by atoms with Crippen molar-refractivity contribution in [1.29, 1.82) is 0 Å². The smallest absolute Gasteiger partial charge is 0.217 e. The highest BCUT2D eigenvalue weighted by molar-refractivity contribution is 9.10. The molecule has 0 spiro atoms. The standard InChI is InChI=1S/C23H20BrF2N3O2/c1-13(30)27-16-7-8-29(12-16)22-10-14(23-18(25)3-2-4-19(23)26)9-20(28-22)17-11-15(24)5-6-21(17)31/h2-6,9-11,16,31H,7-8,12H2,1H3,(H,27,30). The SMILES string of the molecule is CC(=O)NC1CCN(c2cc(-c3c(F)cccc3F)cc(-c3cc(Br)ccc3O)n2)C1. The fourth-order valence-corrected chi connectivity index (χ4v) is 4.18. The van der Waals surface area contributed by atoms with Gasteiger partial charge in [0.2, 0.25) is 5.91 Å². The summed E-state index contributed by atoms with van der Waals surface area (Å²) >= 11 is 3.39. The molecule has 1 aliphatic rings. The Labute approximate surface area is 186 Å². The Morgan fingerprint density at radius 1 is 1.19 bits per heavy atom. The molecule has 3 aromatic rings. The van der Waals surface area contributed by atoms with Crippen molar-refractivity contribution in [2.24, 2.45) is 0 Å². The third-order valence-electron chi connectivity index (χ3n) is 5.22. The lowest BCUT2D eigenvalue weighted by Crippen LogP contribution is -2.35. The first-order chi connectivity index (χ1) is 14.8. The minimum absolute atomic E-state index is 0.00495. The number of rotatable bonds is 4. The van der Waals surface area contributed by atoms with E-state index in [1.807, 2.05) is 4.90 Å². The molecule has 2 N–H and O–H groups in total. The van der Waals surface area contributed by atoms with Crippen LogP contribution in [0.25, 0.3) is 22.4 Å². The van der Waals surface area contributed by atoms with Gasteiger partial charge in [-0.3, -0.25) is 4.79 Å². The molecule has 160 valence electrons. The zero-order chi connectivity index (χ0) is 22.1. The van der Waals surface area contributed by atoms with Gasteiger partial charge in [0.25, 0.3) is 0 Å². The molecule has 1 aromatic heterocycles. The summed E-state index contributed by atoms with van der Waals surface area (Å²) in [5.74, 6) is -0.951. The summed E-state index contributed by atoms with van der Waals surface area (Å²) in [5, 5.41) is 13.3. The number of carbonyl (C=O) groups is 1. The van der Waals surface area contributed by atoms with Gasteiger partial charge in [0, 0.05) is 36.1 Å². The molecule has 2 aromatic carbocycles. The monoisotopic (exact) mass is 487 g/mol. The van der Waals surface area contributed by atoms with Gasteiger partial charge in [-0.05, 0) is 54.4 Å². The number of benzene rings is 2. The number of pyridine rings is 1. The minimum Gasteiger partial charge on any atom is -0.507 e. The van der Waals surface area contributed by atoms with Gasteiger partial charge in [-0.25, -0.2) is 13.8 Å². The number of nitrogens with zero attached hydrogens (tertiary/aromatic N) is 2. The lowest BCUT2D eigenvalue weighted by Gasteiger charge is -2.20. The largest absolute Gasteiger partial charge is 0.507 e. The van der Waals surface area contributed by atoms with E-state index in [0.717, 1.165) is 10.9 Å². The molecule has 2 heterocycles. The molecule has 1 aliphatic heterocycles. The van der Waals surface area contributed by atoms with Gasteiger partial charge in [-0.2, -0.15) is 0 Å². The second-order valence-corrected chi connectivity index (χ2v) is 8.41. The van der Waals surface area contributed by atoms with E-state index in [-0.39, 0.29) is 23.3 Å². The second kappa shape index (κ2) is 8.63. The average molecular weight is 488 g/mol. The quantitative estimate of drug-likeness (QED) is 0.550. The zero-order valence-corrected chi connectivity index (χ0v) is 18.3. The van der Waals surface area contributed by atoms with Crippen LogP contribution in [0.3, 0.4) is 0 Å². The molecule has 5 nitrogen and oxygen atoms in total. The summed E-state index contributed by atoms with van der Waals surface area (Å²) in [6, 6.07) is 11.8. The molecule has 0 bridgehead atoms. The molecular formula is C23H20BrF2N3O2. The number of nitrogens with one attached hydrogen (secondary N) is 1. The van der Waals surface area contributed by atoms with Gasteiger partial charge in [0.1, 0.15) is 23.2 Å². The Bertz CT molecular complexity index is 1140. The molecular weight excluding hydrogens is 468 g/mol. The fraction of sp³-hybridized carbons (Fsp3) is 0.217. The van der Waals surface area contributed by atoms with Crippen LogP contribution in [0, 0.1) is 11.6 Å². The van der Waals surface area contributed by atoms with Gasteiger partial charge in [-0.1, -0.05) is 22.0 Å². The van der Waals surface area contributed by atoms with E-state index >= 15 is 0 Å². The van der Waals surface area contributed by atoms with Crippen molar-refractivity contribution >= 4 is 27.7 Å². The first-order valence-corrected chi connectivity index (χ1v) is 10.6. The number of amides is 1. The molecule has 1 fully saturated rings. The van der Waals surface area contributed by atoms with Gasteiger partial charge >= 0.3 is 0 Å². The maximum atomic E-state index is 14.5. The molecule has 1 saturated heterocycles. The van der Waals surface area contributed by atoms with Crippen molar-refractivity contribution in [1.82, 2.24) is 10.3 Å². The van der Waals surface area contributed by atoms with E-state index in [1.165, 1.54) is 31.2 Å². The van der Waals surface area contributed by atoms with Crippen LogP contribution in [-0.2, 0) is 4.79 Å². The Hall–Kier alpha value is -3.00. The Morgan fingerprint density at radius 3 is 2.65 bits per heavy atom. The maximum Gasteiger partial charge on any atom is 0.217 e. The first-order valence-electron chi connectivity index (χ1n) is 9.79. The van der Waals surface area contributed by atoms with Gasteiger partial charge < -0.3 is 15.3 Å². The predicted octanol–water partition coefficient (Wildman–Crippen LogP) is 4.88. The van der Waals surface area contributed by atoms with Gasteiger partial charge in [-0.15, -0.1) is 0 Å². The number of hydrogen-bond acceptors (Lipinski definition) is 4. The molecule has 0 saturated carbocycles. The molecule has 31 heavy (non-hydrogen) atoms. The van der Waals surface area contributed by atoms with E-state index in [4.69, 9.17) is 0 Å². The highest BCUT2D eigenvalue weighted by atomic mass is 79.9. The third-order valence-corrected chi connectivity index (χ3v) is 5.71. The number of hydrogen-bond donors (Lipinski definition) is 2. The van der Waals surface area contributed by atoms with Crippen LogP contribution in [0.15, 0.2) is 53.0 Å². The molecule has 1 unspecified atom stereocenters. The van der Waals surface area contributed by atoms with Crippen molar-refractivity contribution in [3.63, 3.8) is 0 Å². The number of aromatic nitrogens is 1. The average Bonchev–Trinajstić information content (AvgIpc) is 3.17. The van der Waals surface area contributed by atoms with E-state index in [9.17, 15) is 18.7 Å². The lowest BCUT2D eigenvalue weighted by atomic mass is 10.0. The Kier molecular flexibility index (Phi) is 5.91. The van der Waals surface area contributed by atoms with Crippen LogP contribution in [-0.4, -0.2) is 35.1 Å².